The van der Waals surface area contributed by atoms with Crippen LogP contribution in [-0.4, -0.2) is 79.1 Å². The topological polar surface area (TPSA) is 30.0 Å². The highest BCUT2D eigenvalue weighted by Gasteiger charge is 2.34. The third kappa shape index (κ3) is 3.02. The minimum absolute atomic E-state index is 0.270. The van der Waals surface area contributed by atoms with Gasteiger partial charge in [-0.3, -0.25) is 0 Å². The smallest absolute Gasteiger partial charge is 0.320 e. The van der Waals surface area contributed by atoms with Gasteiger partial charge in [0.05, 0.1) is 0 Å². The van der Waals surface area contributed by atoms with Gasteiger partial charge in [-0.1, -0.05) is 18.2 Å². The maximum Gasteiger partial charge on any atom is 0.320 e. The summed E-state index contributed by atoms with van der Waals surface area (Å²) < 4.78 is 0. The van der Waals surface area contributed by atoms with Gasteiger partial charge in [0.25, 0.3) is 0 Å². The zero-order chi connectivity index (χ0) is 15.6. The summed E-state index contributed by atoms with van der Waals surface area (Å²) in [4.78, 5) is 22.0. The first-order chi connectivity index (χ1) is 11.3. The molecule has 23 heavy (non-hydrogen) atoms. The van der Waals surface area contributed by atoms with Crippen LogP contribution < -0.4 is 4.90 Å². The molecule has 4 saturated heterocycles. The van der Waals surface area contributed by atoms with E-state index in [0.29, 0.717) is 6.04 Å². The van der Waals surface area contributed by atoms with Crippen LogP contribution in [-0.2, 0) is 0 Å². The molecule has 1 aromatic carbocycles. The Hall–Kier alpha value is -1.75. The van der Waals surface area contributed by atoms with E-state index in [1.807, 2.05) is 6.07 Å². The number of piperazine rings is 1. The van der Waals surface area contributed by atoms with Crippen LogP contribution in [0.3, 0.4) is 0 Å². The lowest BCUT2D eigenvalue weighted by atomic mass is 10.1. The molecule has 2 bridgehead atoms. The summed E-state index contributed by atoms with van der Waals surface area (Å²) >= 11 is 0. The lowest BCUT2D eigenvalue weighted by Crippen LogP contribution is -2.55. The zero-order valence-electron chi connectivity index (χ0n) is 13.7. The van der Waals surface area contributed by atoms with Gasteiger partial charge >= 0.3 is 6.03 Å². The number of benzene rings is 1. The van der Waals surface area contributed by atoms with Crippen molar-refractivity contribution in [3.8, 4) is 0 Å². The molecule has 0 aromatic heterocycles. The highest BCUT2D eigenvalue weighted by molar-refractivity contribution is 5.75. The molecule has 124 valence electrons. The Morgan fingerprint density at radius 1 is 0.826 bits per heavy atom. The van der Waals surface area contributed by atoms with Crippen LogP contribution >= 0.6 is 0 Å². The summed E-state index contributed by atoms with van der Waals surface area (Å²) in [5, 5.41) is 0. The van der Waals surface area contributed by atoms with E-state index in [1.165, 1.54) is 5.69 Å². The minimum atomic E-state index is 0.270. The number of fused-ring (bicyclic) bond motifs is 4. The van der Waals surface area contributed by atoms with Crippen molar-refractivity contribution in [1.82, 2.24) is 14.7 Å². The summed E-state index contributed by atoms with van der Waals surface area (Å²) in [6.45, 7) is 7.81. The van der Waals surface area contributed by atoms with Crippen LogP contribution in [0.4, 0.5) is 10.5 Å². The largest absolute Gasteiger partial charge is 0.368 e. The SMILES string of the molecule is O=C(N1CCN(c2ccccc2)CC1)N1CCN2CCC1CC2. The molecule has 2 amide bonds. The van der Waals surface area contributed by atoms with Crippen LogP contribution in [0.25, 0.3) is 0 Å². The van der Waals surface area contributed by atoms with Gasteiger partial charge in [0.15, 0.2) is 0 Å². The molecule has 0 aliphatic carbocycles. The highest BCUT2D eigenvalue weighted by atomic mass is 16.2. The van der Waals surface area contributed by atoms with Gasteiger partial charge in [-0.25, -0.2) is 4.79 Å². The number of carbonyl (C=O) groups excluding carboxylic acids is 1. The molecule has 4 heterocycles. The van der Waals surface area contributed by atoms with Gasteiger partial charge in [-0.05, 0) is 25.0 Å². The fourth-order valence-electron chi connectivity index (χ4n) is 4.11. The maximum atomic E-state index is 13.0. The predicted molar refractivity (Wildman–Crippen MR) is 91.8 cm³/mol. The van der Waals surface area contributed by atoms with Crippen molar-refractivity contribution in [2.24, 2.45) is 0 Å². The molecule has 1 aromatic rings. The normalized spacial score (nSPS) is 27.9. The van der Waals surface area contributed by atoms with Crippen LogP contribution in [0.2, 0.25) is 0 Å². The Bertz CT molecular complexity index is 533. The van der Waals surface area contributed by atoms with E-state index in [1.54, 1.807) is 0 Å². The van der Waals surface area contributed by atoms with Crippen molar-refractivity contribution < 1.29 is 4.79 Å². The molecule has 5 heteroatoms. The molecule has 4 aliphatic heterocycles. The number of carbonyl (C=O) groups is 1. The second-order valence-corrected chi connectivity index (χ2v) is 6.86. The van der Waals surface area contributed by atoms with Crippen molar-refractivity contribution >= 4 is 11.7 Å². The number of hydrogen-bond acceptors (Lipinski definition) is 3. The second kappa shape index (κ2) is 6.40. The first-order valence-corrected chi connectivity index (χ1v) is 8.89. The number of urea groups is 1. The van der Waals surface area contributed by atoms with Crippen molar-refractivity contribution in [2.75, 3.05) is 57.3 Å². The standard InChI is InChI=1S/C18H26N4O/c23-18(22-15-10-19-8-6-17(22)7-9-19)21-13-11-20(12-14-21)16-4-2-1-3-5-16/h1-5,17H,6-15H2. The first-order valence-electron chi connectivity index (χ1n) is 8.89. The fraction of sp³-hybridized carbons (Fsp3) is 0.611. The molecular formula is C18H26N4O. The lowest BCUT2D eigenvalue weighted by molar-refractivity contribution is 0.130. The summed E-state index contributed by atoms with van der Waals surface area (Å²) in [7, 11) is 0. The molecule has 0 atom stereocenters. The average molecular weight is 314 g/mol. The molecule has 5 nitrogen and oxygen atoms in total. The number of nitrogens with zero attached hydrogens (tertiary/aromatic N) is 4. The predicted octanol–water partition coefficient (Wildman–Crippen LogP) is 1.71. The van der Waals surface area contributed by atoms with Gasteiger partial charge in [-0.2, -0.15) is 0 Å². The Labute approximate surface area is 138 Å². The van der Waals surface area contributed by atoms with E-state index in [-0.39, 0.29) is 6.03 Å². The number of piperidine rings is 1. The fourth-order valence-corrected chi connectivity index (χ4v) is 4.11. The number of hydrogen-bond donors (Lipinski definition) is 0. The van der Waals surface area contributed by atoms with E-state index < -0.39 is 0 Å². The van der Waals surface area contributed by atoms with Gasteiger partial charge < -0.3 is 19.6 Å². The molecular weight excluding hydrogens is 288 g/mol. The zero-order valence-corrected chi connectivity index (χ0v) is 13.7. The van der Waals surface area contributed by atoms with E-state index in [2.05, 4.69) is 43.9 Å². The van der Waals surface area contributed by atoms with Gasteiger partial charge in [-0.15, -0.1) is 0 Å². The second-order valence-electron chi connectivity index (χ2n) is 6.86. The molecule has 0 unspecified atom stereocenters. The van der Waals surface area contributed by atoms with E-state index in [4.69, 9.17) is 0 Å². The molecule has 0 spiro atoms. The molecule has 0 radical (unpaired) electrons. The summed E-state index contributed by atoms with van der Waals surface area (Å²) in [5.41, 5.74) is 1.26. The monoisotopic (exact) mass is 314 g/mol. The third-order valence-corrected chi connectivity index (χ3v) is 5.57. The summed E-state index contributed by atoms with van der Waals surface area (Å²) in [5.74, 6) is 0. The van der Waals surface area contributed by atoms with Crippen molar-refractivity contribution in [3.63, 3.8) is 0 Å². The van der Waals surface area contributed by atoms with Crippen LogP contribution in [0, 0.1) is 0 Å². The number of para-hydroxylation sites is 1. The van der Waals surface area contributed by atoms with Gasteiger partial charge in [0.2, 0.25) is 0 Å². The Kier molecular flexibility index (Phi) is 4.12. The van der Waals surface area contributed by atoms with E-state index in [9.17, 15) is 4.79 Å². The Balaban J connectivity index is 1.37. The quantitative estimate of drug-likeness (QED) is 0.790. The molecule has 4 aliphatic rings. The van der Waals surface area contributed by atoms with Crippen LogP contribution in [0.1, 0.15) is 12.8 Å². The first kappa shape index (κ1) is 14.8. The van der Waals surface area contributed by atoms with E-state index in [0.717, 1.165) is 65.2 Å². The third-order valence-electron chi connectivity index (χ3n) is 5.57. The van der Waals surface area contributed by atoms with Gasteiger partial charge in [0, 0.05) is 64.1 Å². The number of anilines is 1. The number of amides is 2. The van der Waals surface area contributed by atoms with Crippen molar-refractivity contribution in [3.05, 3.63) is 30.3 Å². The molecule has 5 rings (SSSR count). The van der Waals surface area contributed by atoms with Crippen LogP contribution in [0.15, 0.2) is 30.3 Å². The summed E-state index contributed by atoms with van der Waals surface area (Å²) in [6.07, 6.45) is 2.30. The van der Waals surface area contributed by atoms with Crippen LogP contribution in [0.5, 0.6) is 0 Å². The Morgan fingerprint density at radius 3 is 2.22 bits per heavy atom. The maximum absolute atomic E-state index is 13.0. The van der Waals surface area contributed by atoms with Crippen molar-refractivity contribution in [1.29, 1.82) is 0 Å². The summed E-state index contributed by atoms with van der Waals surface area (Å²) in [6, 6.07) is 11.2. The number of rotatable bonds is 1. The molecule has 0 N–H and O–H groups in total. The molecule has 4 fully saturated rings. The van der Waals surface area contributed by atoms with Gasteiger partial charge in [0.1, 0.15) is 0 Å². The van der Waals surface area contributed by atoms with Crippen molar-refractivity contribution in [2.45, 2.75) is 18.9 Å². The average Bonchev–Trinajstić information content (AvgIpc) is 2.96. The van der Waals surface area contributed by atoms with E-state index >= 15 is 0 Å². The molecule has 0 saturated carbocycles. The lowest BCUT2D eigenvalue weighted by Gasteiger charge is -2.40. The Morgan fingerprint density at radius 2 is 1.52 bits per heavy atom. The highest BCUT2D eigenvalue weighted by Crippen LogP contribution is 2.23. The minimum Gasteiger partial charge on any atom is -0.368 e.